The second-order valence-electron chi connectivity index (χ2n) is 14.4. The third-order valence-electron chi connectivity index (χ3n) is 9.60. The van der Waals surface area contributed by atoms with Gasteiger partial charge in [0.2, 0.25) is 0 Å². The van der Waals surface area contributed by atoms with Gasteiger partial charge in [-0.2, -0.15) is 0 Å². The second kappa shape index (κ2) is 19.7. The molecule has 276 valence electrons. The first-order valence-electron chi connectivity index (χ1n) is 17.8. The number of nitrogens with one attached hydrogen (secondary N) is 2. The Hall–Kier alpha value is -1.55. The summed E-state index contributed by atoms with van der Waals surface area (Å²) in [5.41, 5.74) is 15.8. The van der Waals surface area contributed by atoms with Crippen LogP contribution in [0.15, 0.2) is 39.9 Å². The average Bonchev–Trinajstić information content (AvgIpc) is 3.01. The normalized spacial score (nSPS) is 38.4. The van der Waals surface area contributed by atoms with Gasteiger partial charge in [0.15, 0.2) is 12.6 Å². The van der Waals surface area contributed by atoms with Crippen LogP contribution in [-0.2, 0) is 18.9 Å². The minimum absolute atomic E-state index is 0.0491. The number of allylic oxidation sites excluding steroid dienone is 6. The Morgan fingerprint density at radius 1 is 0.958 bits per heavy atom. The van der Waals surface area contributed by atoms with Gasteiger partial charge in [0, 0.05) is 18.3 Å². The van der Waals surface area contributed by atoms with Crippen molar-refractivity contribution in [2.45, 2.75) is 159 Å². The number of nitrogens with two attached hydrogens (primary N) is 2. The topological polar surface area (TPSA) is 186 Å². The lowest BCUT2D eigenvalue weighted by Crippen LogP contribution is -2.69. The van der Waals surface area contributed by atoms with Gasteiger partial charge in [0.05, 0.1) is 31.3 Å². The van der Waals surface area contributed by atoms with Crippen molar-refractivity contribution in [2.75, 3.05) is 26.7 Å². The van der Waals surface area contributed by atoms with Gasteiger partial charge < -0.3 is 56.4 Å². The lowest BCUT2D eigenvalue weighted by Gasteiger charge is -2.49. The Bertz CT molecular complexity index is 1090. The van der Waals surface area contributed by atoms with E-state index in [0.29, 0.717) is 25.9 Å². The molecule has 0 aromatic carbocycles. The van der Waals surface area contributed by atoms with Crippen LogP contribution in [0.5, 0.6) is 0 Å². The minimum Gasteiger partial charge on any atom is -0.388 e. The first-order chi connectivity index (χ1) is 22.8. The fourth-order valence-electron chi connectivity index (χ4n) is 6.75. The van der Waals surface area contributed by atoms with Crippen LogP contribution in [-0.4, -0.2) is 121 Å². The quantitative estimate of drug-likeness (QED) is 0.0937. The van der Waals surface area contributed by atoms with E-state index in [-0.39, 0.29) is 18.8 Å². The second-order valence-corrected chi connectivity index (χ2v) is 14.4. The number of hydrogen-bond acceptors (Lipinski definition) is 12. The third kappa shape index (κ3) is 12.1. The van der Waals surface area contributed by atoms with Gasteiger partial charge in [0.1, 0.15) is 30.0 Å². The summed E-state index contributed by atoms with van der Waals surface area (Å²) in [6, 6.07) is -1.92. The Labute approximate surface area is 288 Å². The van der Waals surface area contributed by atoms with Crippen LogP contribution in [0.25, 0.3) is 0 Å². The van der Waals surface area contributed by atoms with Crippen LogP contribution in [0.1, 0.15) is 86.5 Å². The molecule has 2 saturated heterocycles. The van der Waals surface area contributed by atoms with Crippen molar-refractivity contribution in [3.8, 4) is 0 Å². The number of aliphatic hydroxyl groups is 3. The SMILES string of the molecule is CCNC1CC(N)C(OC2OC(C/N=C/C=C(\C)CC/C=C(\C)CCC=C(C)C)CCC2N)C(O)C1OC1OCC(C)(O)C(NC)C1O. The maximum Gasteiger partial charge on any atom is 0.185 e. The zero-order chi connectivity index (χ0) is 35.4. The van der Waals surface area contributed by atoms with E-state index in [2.05, 4.69) is 61.5 Å². The van der Waals surface area contributed by atoms with Crippen LogP contribution in [0.4, 0.5) is 0 Å². The molecule has 0 amide bonds. The molecule has 12 nitrogen and oxygen atoms in total. The average molecular weight is 680 g/mol. The molecule has 0 bridgehead atoms. The number of aliphatic hydroxyl groups excluding tert-OH is 2. The largest absolute Gasteiger partial charge is 0.388 e. The molecule has 2 heterocycles. The molecule has 1 saturated carbocycles. The third-order valence-corrected chi connectivity index (χ3v) is 9.60. The minimum atomic E-state index is -1.29. The molecule has 12 unspecified atom stereocenters. The zero-order valence-electron chi connectivity index (χ0n) is 30.3. The molecule has 1 aliphatic carbocycles. The van der Waals surface area contributed by atoms with Crippen molar-refractivity contribution in [3.05, 3.63) is 34.9 Å². The van der Waals surface area contributed by atoms with Crippen LogP contribution in [0, 0.1) is 0 Å². The Kier molecular flexibility index (Phi) is 16.8. The van der Waals surface area contributed by atoms with Gasteiger partial charge in [-0.05, 0) is 99.2 Å². The number of nitrogens with zero attached hydrogens (tertiary/aromatic N) is 1. The maximum atomic E-state index is 11.6. The maximum absolute atomic E-state index is 11.6. The van der Waals surface area contributed by atoms with E-state index in [1.807, 2.05) is 13.1 Å². The highest BCUT2D eigenvalue weighted by Crippen LogP contribution is 2.32. The number of aliphatic imine (C=N–C) groups is 1. The van der Waals surface area contributed by atoms with Gasteiger partial charge in [-0.25, -0.2) is 0 Å². The molecule has 3 aliphatic rings. The van der Waals surface area contributed by atoms with Gasteiger partial charge in [-0.1, -0.05) is 35.8 Å². The standard InChI is InChI=1S/C36H65N5O7/c1-8-41-28-19-27(38)31(29(42)32(28)48-35-30(43)33(39-7)36(6,44)21-45-35)47-34-26(37)16-15-25(46-34)20-40-18-17-24(5)14-10-13-23(4)12-9-11-22(2)3/h11,13,17-18,25-35,39,41-44H,8-10,12,14-16,19-21,37-38H2,1-7H3/b23-13+,24-17+,40-18+. The van der Waals surface area contributed by atoms with Crippen LogP contribution < -0.4 is 22.1 Å². The Morgan fingerprint density at radius 3 is 2.33 bits per heavy atom. The highest BCUT2D eigenvalue weighted by atomic mass is 16.7. The van der Waals surface area contributed by atoms with E-state index in [0.717, 1.165) is 32.1 Å². The van der Waals surface area contributed by atoms with E-state index in [1.165, 1.54) is 16.7 Å². The summed E-state index contributed by atoms with van der Waals surface area (Å²) in [4.78, 5) is 4.60. The Morgan fingerprint density at radius 2 is 1.65 bits per heavy atom. The summed E-state index contributed by atoms with van der Waals surface area (Å²) in [6.45, 7) is 13.2. The van der Waals surface area contributed by atoms with Crippen molar-refractivity contribution >= 4 is 6.21 Å². The fraction of sp³-hybridized carbons (Fsp3) is 0.806. The molecule has 0 spiro atoms. The Balaban J connectivity index is 1.56. The first kappa shape index (κ1) is 40.9. The summed E-state index contributed by atoms with van der Waals surface area (Å²) >= 11 is 0. The van der Waals surface area contributed by atoms with Gasteiger partial charge in [-0.3, -0.25) is 4.99 Å². The van der Waals surface area contributed by atoms with Crippen molar-refractivity contribution in [1.29, 1.82) is 0 Å². The molecule has 9 N–H and O–H groups in total. The first-order valence-corrected chi connectivity index (χ1v) is 17.8. The summed E-state index contributed by atoms with van der Waals surface area (Å²) in [5.74, 6) is 0. The van der Waals surface area contributed by atoms with Crippen LogP contribution in [0.2, 0.25) is 0 Å². The van der Waals surface area contributed by atoms with Gasteiger partial charge in [-0.15, -0.1) is 0 Å². The van der Waals surface area contributed by atoms with E-state index in [4.69, 9.17) is 30.4 Å². The molecule has 3 fully saturated rings. The van der Waals surface area contributed by atoms with Crippen molar-refractivity contribution in [2.24, 2.45) is 16.5 Å². The number of rotatable bonds is 16. The van der Waals surface area contributed by atoms with E-state index in [9.17, 15) is 15.3 Å². The number of likely N-dealkylation sites (N-methyl/N-ethyl adjacent to an activating group) is 2. The van der Waals surface area contributed by atoms with E-state index in [1.54, 1.807) is 14.0 Å². The van der Waals surface area contributed by atoms with Crippen molar-refractivity contribution in [3.63, 3.8) is 0 Å². The molecule has 48 heavy (non-hydrogen) atoms. The van der Waals surface area contributed by atoms with Gasteiger partial charge >= 0.3 is 0 Å². The molecular formula is C36H65N5O7. The van der Waals surface area contributed by atoms with Crippen LogP contribution in [0.3, 0.4) is 0 Å². The molecular weight excluding hydrogens is 614 g/mol. The summed E-state index contributed by atoms with van der Waals surface area (Å²) in [5, 5.41) is 39.5. The van der Waals surface area contributed by atoms with Gasteiger partial charge in [0.25, 0.3) is 0 Å². The highest BCUT2D eigenvalue weighted by molar-refractivity contribution is 5.72. The monoisotopic (exact) mass is 679 g/mol. The molecule has 12 atom stereocenters. The molecule has 3 rings (SSSR count). The molecule has 12 heteroatoms. The summed E-state index contributed by atoms with van der Waals surface area (Å²) in [6.07, 6.45) is 8.57. The van der Waals surface area contributed by atoms with E-state index >= 15 is 0 Å². The van der Waals surface area contributed by atoms with Crippen LogP contribution >= 0.6 is 0 Å². The summed E-state index contributed by atoms with van der Waals surface area (Å²) in [7, 11) is 1.66. The fourth-order valence-corrected chi connectivity index (χ4v) is 6.75. The number of hydrogen-bond donors (Lipinski definition) is 7. The molecule has 0 radical (unpaired) electrons. The zero-order valence-corrected chi connectivity index (χ0v) is 30.3. The van der Waals surface area contributed by atoms with Crippen molar-refractivity contribution in [1.82, 2.24) is 10.6 Å². The lowest BCUT2D eigenvalue weighted by atomic mass is 9.83. The smallest absolute Gasteiger partial charge is 0.185 e. The number of ether oxygens (including phenoxy) is 4. The predicted molar refractivity (Wildman–Crippen MR) is 190 cm³/mol. The highest BCUT2D eigenvalue weighted by Gasteiger charge is 2.51. The predicted octanol–water partition coefficient (Wildman–Crippen LogP) is 2.21. The lowest BCUT2D eigenvalue weighted by molar-refractivity contribution is -0.308. The summed E-state index contributed by atoms with van der Waals surface area (Å²) < 4.78 is 24.5. The van der Waals surface area contributed by atoms with E-state index < -0.39 is 60.7 Å². The molecule has 0 aromatic rings. The molecule has 2 aliphatic heterocycles. The molecule has 0 aromatic heterocycles. The van der Waals surface area contributed by atoms with Crippen molar-refractivity contribution < 1.29 is 34.3 Å².